The molecule has 0 bridgehead atoms. The molecule has 2 N–H and O–H groups in total. The third kappa shape index (κ3) is 5.93. The van der Waals surface area contributed by atoms with Crippen molar-refractivity contribution in [1.29, 1.82) is 0 Å². The van der Waals surface area contributed by atoms with Crippen LogP contribution in [0.5, 0.6) is 0 Å². The molecule has 9 heteroatoms. The van der Waals surface area contributed by atoms with Gasteiger partial charge in [0.25, 0.3) is 0 Å². The molecule has 37 heavy (non-hydrogen) atoms. The van der Waals surface area contributed by atoms with E-state index in [0.717, 1.165) is 48.8 Å². The van der Waals surface area contributed by atoms with Gasteiger partial charge in [0.1, 0.15) is 11.6 Å². The molecule has 1 unspecified atom stereocenters. The number of anilines is 1. The number of benzene rings is 2. The highest BCUT2D eigenvalue weighted by molar-refractivity contribution is 5.84. The number of alkyl halides is 3. The average Bonchev–Trinajstić information content (AvgIpc) is 2.97. The summed E-state index contributed by atoms with van der Waals surface area (Å²) >= 11 is 0. The molecule has 1 spiro atoms. The van der Waals surface area contributed by atoms with Crippen molar-refractivity contribution in [3.63, 3.8) is 0 Å². The fraction of sp³-hybridized carbons (Fsp3) is 0.500. The van der Waals surface area contributed by atoms with Crippen LogP contribution in [0.4, 0.5) is 27.6 Å². The normalized spacial score (nSPS) is 21.7. The highest BCUT2D eigenvalue weighted by Gasteiger charge is 2.42. The van der Waals surface area contributed by atoms with Crippen molar-refractivity contribution in [1.82, 2.24) is 15.2 Å². The van der Waals surface area contributed by atoms with Gasteiger partial charge >= 0.3 is 6.18 Å². The first-order chi connectivity index (χ1) is 17.6. The number of halogens is 5. The van der Waals surface area contributed by atoms with Gasteiger partial charge < -0.3 is 15.2 Å². The number of hydrogen-bond acceptors (Lipinski definition) is 3. The summed E-state index contributed by atoms with van der Waals surface area (Å²) < 4.78 is 64.0. The maximum Gasteiger partial charge on any atom is 0.401 e. The highest BCUT2D eigenvalue weighted by Crippen LogP contribution is 2.42. The Morgan fingerprint density at radius 2 is 1.73 bits per heavy atom. The van der Waals surface area contributed by atoms with Gasteiger partial charge in [-0.1, -0.05) is 18.2 Å². The molecule has 2 saturated heterocycles. The fourth-order valence-electron chi connectivity index (χ4n) is 6.03. The second-order valence-electron chi connectivity index (χ2n) is 10.8. The van der Waals surface area contributed by atoms with Crippen LogP contribution in [0.3, 0.4) is 0 Å². The van der Waals surface area contributed by atoms with Crippen molar-refractivity contribution >= 4 is 16.6 Å². The minimum absolute atomic E-state index is 0.0895. The van der Waals surface area contributed by atoms with E-state index in [1.54, 1.807) is 0 Å². The number of aromatic nitrogens is 1. The minimum Gasteiger partial charge on any atom is -0.370 e. The first kappa shape index (κ1) is 26.0. The molecule has 3 aromatic rings. The van der Waals surface area contributed by atoms with E-state index in [0.29, 0.717) is 24.1 Å². The Labute approximate surface area is 213 Å². The summed E-state index contributed by atoms with van der Waals surface area (Å²) in [6, 6.07) is 11.6. The third-order valence-electron chi connectivity index (χ3n) is 7.93. The summed E-state index contributed by atoms with van der Waals surface area (Å²) in [6.07, 6.45) is 0.105. The standard InChI is InChI=1S/C14H15F3N2.C14H18F2N2/c1-9-6-11-10-4-2-3-5-12(10)18-13(11)7-19(9)8-14(15,16)17;15-11-6-12(16)8-13(7-11)18-9-14(10-18)2-1-4-17-5-3-14/h2-5,9,18H,6-8H2,1H3;6-8,17H,1-5,9-10H2. The van der Waals surface area contributed by atoms with Crippen molar-refractivity contribution in [2.45, 2.75) is 51.4 Å². The number of H-pyrrole nitrogens is 1. The first-order valence-electron chi connectivity index (χ1n) is 12.9. The van der Waals surface area contributed by atoms with Gasteiger partial charge in [-0.2, -0.15) is 13.2 Å². The third-order valence-corrected chi connectivity index (χ3v) is 7.93. The zero-order valence-electron chi connectivity index (χ0n) is 21.0. The van der Waals surface area contributed by atoms with Gasteiger partial charge in [0.15, 0.2) is 0 Å². The molecule has 0 radical (unpaired) electrons. The lowest BCUT2D eigenvalue weighted by Crippen LogP contribution is -2.56. The maximum atomic E-state index is 13.2. The molecule has 2 aromatic carbocycles. The summed E-state index contributed by atoms with van der Waals surface area (Å²) in [4.78, 5) is 6.81. The molecule has 3 aliphatic heterocycles. The molecule has 6 rings (SSSR count). The van der Waals surface area contributed by atoms with E-state index in [1.807, 2.05) is 31.2 Å². The predicted molar refractivity (Wildman–Crippen MR) is 136 cm³/mol. The Bertz CT molecular complexity index is 1200. The van der Waals surface area contributed by atoms with E-state index in [1.165, 1.54) is 41.9 Å². The second kappa shape index (κ2) is 10.3. The van der Waals surface area contributed by atoms with Crippen LogP contribution in [0, 0.1) is 17.0 Å². The Kier molecular flexibility index (Phi) is 7.20. The first-order valence-corrected chi connectivity index (χ1v) is 12.9. The quantitative estimate of drug-likeness (QED) is 0.406. The molecule has 0 saturated carbocycles. The van der Waals surface area contributed by atoms with Gasteiger partial charge in [0, 0.05) is 59.4 Å². The van der Waals surface area contributed by atoms with E-state index in [2.05, 4.69) is 15.2 Å². The summed E-state index contributed by atoms with van der Waals surface area (Å²) in [6.45, 7) is 5.36. The van der Waals surface area contributed by atoms with Crippen molar-refractivity contribution in [2.24, 2.45) is 5.41 Å². The number of fused-ring (bicyclic) bond motifs is 3. The monoisotopic (exact) mass is 520 g/mol. The maximum absolute atomic E-state index is 13.2. The summed E-state index contributed by atoms with van der Waals surface area (Å²) in [7, 11) is 0. The van der Waals surface area contributed by atoms with Crippen LogP contribution in [0.2, 0.25) is 0 Å². The van der Waals surface area contributed by atoms with Gasteiger partial charge in [-0.25, -0.2) is 8.78 Å². The Morgan fingerprint density at radius 3 is 2.46 bits per heavy atom. The Morgan fingerprint density at radius 1 is 1.00 bits per heavy atom. The van der Waals surface area contributed by atoms with E-state index in [-0.39, 0.29) is 6.04 Å². The molecule has 200 valence electrons. The Hall–Kier alpha value is -2.65. The van der Waals surface area contributed by atoms with E-state index in [9.17, 15) is 22.0 Å². The summed E-state index contributed by atoms with van der Waals surface area (Å²) in [5, 5.41) is 4.54. The number of rotatable bonds is 2. The number of hydrogen-bond donors (Lipinski definition) is 2. The molecule has 0 amide bonds. The van der Waals surface area contributed by atoms with Crippen LogP contribution in [0.25, 0.3) is 10.9 Å². The lowest BCUT2D eigenvalue weighted by Gasteiger charge is -2.51. The van der Waals surface area contributed by atoms with Crippen LogP contribution < -0.4 is 10.2 Å². The molecule has 2 fully saturated rings. The molecular formula is C28H33F5N4. The molecule has 1 aromatic heterocycles. The van der Waals surface area contributed by atoms with Gasteiger partial charge in [0.05, 0.1) is 6.54 Å². The number of aromatic amines is 1. The van der Waals surface area contributed by atoms with E-state index >= 15 is 0 Å². The number of para-hydroxylation sites is 1. The molecule has 3 aliphatic rings. The van der Waals surface area contributed by atoms with Gasteiger partial charge in [-0.15, -0.1) is 0 Å². The fourth-order valence-corrected chi connectivity index (χ4v) is 6.03. The zero-order valence-corrected chi connectivity index (χ0v) is 21.0. The van der Waals surface area contributed by atoms with Gasteiger partial charge in [0.2, 0.25) is 0 Å². The number of nitrogens with one attached hydrogen (secondary N) is 2. The Balaban J connectivity index is 0.000000152. The molecule has 4 heterocycles. The lowest BCUT2D eigenvalue weighted by molar-refractivity contribution is -0.152. The summed E-state index contributed by atoms with van der Waals surface area (Å²) in [5.74, 6) is -0.984. The molecule has 1 atom stereocenters. The average molecular weight is 521 g/mol. The van der Waals surface area contributed by atoms with Crippen molar-refractivity contribution < 1.29 is 22.0 Å². The largest absolute Gasteiger partial charge is 0.401 e. The predicted octanol–water partition coefficient (Wildman–Crippen LogP) is 6.02. The second-order valence-corrected chi connectivity index (χ2v) is 10.8. The topological polar surface area (TPSA) is 34.3 Å². The minimum atomic E-state index is -4.14. The van der Waals surface area contributed by atoms with Gasteiger partial charge in [-0.05, 0) is 69.5 Å². The molecule has 0 aliphatic carbocycles. The highest BCUT2D eigenvalue weighted by atomic mass is 19.4. The van der Waals surface area contributed by atoms with Crippen molar-refractivity contribution in [3.05, 3.63) is 65.4 Å². The smallest absolute Gasteiger partial charge is 0.370 e. The van der Waals surface area contributed by atoms with Crippen molar-refractivity contribution in [3.8, 4) is 0 Å². The van der Waals surface area contributed by atoms with Crippen molar-refractivity contribution in [2.75, 3.05) is 37.6 Å². The van der Waals surface area contributed by atoms with Crippen LogP contribution in [-0.2, 0) is 13.0 Å². The number of nitrogens with zero attached hydrogens (tertiary/aromatic N) is 2. The SMILES string of the molecule is CC1Cc2c([nH]c3ccccc23)CN1CC(F)(F)F.Fc1cc(F)cc(N2CC3(CCCNCC3)C2)c1. The van der Waals surface area contributed by atoms with Crippen LogP contribution in [-0.4, -0.2) is 54.8 Å². The molecule has 4 nitrogen and oxygen atoms in total. The van der Waals surface area contributed by atoms with Gasteiger partial charge in [-0.3, -0.25) is 4.90 Å². The van der Waals surface area contributed by atoms with Crippen LogP contribution in [0.1, 0.15) is 37.4 Å². The van der Waals surface area contributed by atoms with Crippen LogP contribution in [0.15, 0.2) is 42.5 Å². The molecular weight excluding hydrogens is 487 g/mol. The van der Waals surface area contributed by atoms with E-state index < -0.39 is 24.4 Å². The summed E-state index contributed by atoms with van der Waals surface area (Å²) in [5.41, 5.74) is 4.14. The van der Waals surface area contributed by atoms with E-state index in [4.69, 9.17) is 0 Å². The van der Waals surface area contributed by atoms with Crippen LogP contribution >= 0.6 is 0 Å². The zero-order chi connectivity index (χ0) is 26.2. The lowest BCUT2D eigenvalue weighted by atomic mass is 9.73.